The van der Waals surface area contributed by atoms with Gasteiger partial charge in [-0.25, -0.2) is 4.79 Å². The highest BCUT2D eigenvalue weighted by molar-refractivity contribution is 5.85. The molecule has 0 aliphatic carbocycles. The number of hydrogen-bond donors (Lipinski definition) is 5. The Hall–Kier alpha value is -2.65. The third-order valence-corrected chi connectivity index (χ3v) is 5.77. The van der Waals surface area contributed by atoms with E-state index in [9.17, 15) is 29.1 Å². The zero-order chi connectivity index (χ0) is 26.3. The van der Waals surface area contributed by atoms with Crippen LogP contribution in [0.4, 0.5) is 0 Å². The van der Waals surface area contributed by atoms with Gasteiger partial charge in [0.1, 0.15) is 12.6 Å². The van der Waals surface area contributed by atoms with Crippen LogP contribution in [0, 0.1) is 0 Å². The number of carboxylic acids is 3. The SMILES string of the molecule is O=C(O)CCCCCCCCCCCCCCCCC(=O)NC(CCC(=O)NCC(=O)O)C(=O)O. The van der Waals surface area contributed by atoms with Crippen LogP contribution in [-0.4, -0.2) is 57.6 Å². The third-order valence-electron chi connectivity index (χ3n) is 5.77. The first-order valence-electron chi connectivity index (χ1n) is 12.9. The maximum Gasteiger partial charge on any atom is 0.326 e. The van der Waals surface area contributed by atoms with Crippen molar-refractivity contribution in [3.8, 4) is 0 Å². The number of hydrogen-bond acceptors (Lipinski definition) is 5. The van der Waals surface area contributed by atoms with Gasteiger partial charge in [-0.15, -0.1) is 0 Å². The Morgan fingerprint density at radius 1 is 0.514 bits per heavy atom. The van der Waals surface area contributed by atoms with Gasteiger partial charge in [0.05, 0.1) is 0 Å². The molecule has 0 saturated heterocycles. The minimum Gasteiger partial charge on any atom is -0.481 e. The van der Waals surface area contributed by atoms with Gasteiger partial charge in [0.2, 0.25) is 11.8 Å². The van der Waals surface area contributed by atoms with E-state index < -0.39 is 36.4 Å². The lowest BCUT2D eigenvalue weighted by atomic mass is 10.0. The predicted octanol–water partition coefficient (Wildman–Crippen LogP) is 3.86. The average molecular weight is 501 g/mol. The summed E-state index contributed by atoms with van der Waals surface area (Å²) >= 11 is 0. The highest BCUT2D eigenvalue weighted by Gasteiger charge is 2.20. The van der Waals surface area contributed by atoms with Gasteiger partial charge < -0.3 is 26.0 Å². The number of aliphatic carboxylic acids is 3. The minimum absolute atomic E-state index is 0.0979. The normalized spacial score (nSPS) is 11.5. The second kappa shape index (κ2) is 21.9. The van der Waals surface area contributed by atoms with Gasteiger partial charge in [0.25, 0.3) is 0 Å². The number of amides is 2. The molecule has 0 aromatic rings. The molecule has 5 N–H and O–H groups in total. The van der Waals surface area contributed by atoms with Crippen molar-refractivity contribution < 1.29 is 39.3 Å². The quantitative estimate of drug-likeness (QED) is 0.124. The van der Waals surface area contributed by atoms with Gasteiger partial charge in [-0.1, -0.05) is 77.0 Å². The summed E-state index contributed by atoms with van der Waals surface area (Å²) in [5.41, 5.74) is 0. The summed E-state index contributed by atoms with van der Waals surface area (Å²) < 4.78 is 0. The van der Waals surface area contributed by atoms with E-state index in [1.807, 2.05) is 0 Å². The fraction of sp³-hybridized carbons (Fsp3) is 0.800. The van der Waals surface area contributed by atoms with Crippen molar-refractivity contribution in [3.63, 3.8) is 0 Å². The summed E-state index contributed by atoms with van der Waals surface area (Å²) in [6, 6.07) is -1.17. The lowest BCUT2D eigenvalue weighted by Gasteiger charge is -2.14. The fourth-order valence-corrected chi connectivity index (χ4v) is 3.75. The van der Waals surface area contributed by atoms with E-state index in [0.717, 1.165) is 38.5 Å². The summed E-state index contributed by atoms with van der Waals surface area (Å²) in [6.45, 7) is -0.526. The molecule has 10 heteroatoms. The van der Waals surface area contributed by atoms with Crippen LogP contribution in [0.1, 0.15) is 116 Å². The molecule has 1 atom stereocenters. The first-order chi connectivity index (χ1) is 16.7. The van der Waals surface area contributed by atoms with Gasteiger partial charge in [-0.05, 0) is 19.3 Å². The molecule has 0 bridgehead atoms. The number of carbonyl (C=O) groups is 5. The predicted molar refractivity (Wildman–Crippen MR) is 131 cm³/mol. The third kappa shape index (κ3) is 22.9. The molecule has 0 spiro atoms. The van der Waals surface area contributed by atoms with Gasteiger partial charge >= 0.3 is 17.9 Å². The van der Waals surface area contributed by atoms with Crippen LogP contribution in [0.15, 0.2) is 0 Å². The molecular formula is C25H44N2O8. The Kier molecular flexibility index (Phi) is 20.2. The lowest BCUT2D eigenvalue weighted by Crippen LogP contribution is -2.41. The average Bonchev–Trinajstić information content (AvgIpc) is 2.79. The van der Waals surface area contributed by atoms with E-state index in [1.165, 1.54) is 44.9 Å². The second-order valence-electron chi connectivity index (χ2n) is 9.01. The molecule has 0 heterocycles. The molecule has 0 fully saturated rings. The van der Waals surface area contributed by atoms with Crippen LogP contribution < -0.4 is 10.6 Å². The molecule has 10 nitrogen and oxygen atoms in total. The number of rotatable bonds is 24. The minimum atomic E-state index is -1.22. The molecule has 0 aliphatic rings. The van der Waals surface area contributed by atoms with E-state index in [4.69, 9.17) is 10.2 Å². The molecular weight excluding hydrogens is 456 g/mol. The molecule has 0 radical (unpaired) electrons. The van der Waals surface area contributed by atoms with Crippen molar-refractivity contribution in [2.45, 2.75) is 122 Å². The highest BCUT2D eigenvalue weighted by Crippen LogP contribution is 2.14. The largest absolute Gasteiger partial charge is 0.481 e. The molecule has 2 amide bonds. The van der Waals surface area contributed by atoms with Gasteiger partial charge in [0, 0.05) is 19.3 Å². The monoisotopic (exact) mass is 500 g/mol. The van der Waals surface area contributed by atoms with E-state index in [1.54, 1.807) is 0 Å². The zero-order valence-electron chi connectivity index (χ0n) is 20.9. The molecule has 0 rings (SSSR count). The first-order valence-corrected chi connectivity index (χ1v) is 12.9. The van der Waals surface area contributed by atoms with Crippen LogP contribution in [0.5, 0.6) is 0 Å². The summed E-state index contributed by atoms with van der Waals surface area (Å²) in [5, 5.41) is 30.9. The van der Waals surface area contributed by atoms with E-state index >= 15 is 0 Å². The Bertz CT molecular complexity index is 639. The Balaban J connectivity index is 3.60. The Labute approximate surface area is 208 Å². The topological polar surface area (TPSA) is 170 Å². The standard InChI is InChI=1S/C25H44N2O8/c28-21(26-19-24(32)33)18-17-20(25(34)35)27-22(29)15-13-11-9-7-5-3-1-2-4-6-8-10-12-14-16-23(30)31/h20H,1-19H2,(H,26,28)(H,27,29)(H,30,31)(H,32,33)(H,34,35). The highest BCUT2D eigenvalue weighted by atomic mass is 16.4. The molecule has 0 aromatic heterocycles. The second-order valence-corrected chi connectivity index (χ2v) is 9.01. The van der Waals surface area contributed by atoms with Crippen LogP contribution in [0.25, 0.3) is 0 Å². The molecule has 0 aliphatic heterocycles. The summed E-state index contributed by atoms with van der Waals surface area (Å²) in [5.74, 6) is -4.05. The van der Waals surface area contributed by atoms with E-state index in [0.29, 0.717) is 6.42 Å². The molecule has 35 heavy (non-hydrogen) atoms. The van der Waals surface area contributed by atoms with Crippen LogP contribution in [-0.2, 0) is 24.0 Å². The lowest BCUT2D eigenvalue weighted by molar-refractivity contribution is -0.142. The zero-order valence-corrected chi connectivity index (χ0v) is 20.9. The summed E-state index contributed by atoms with van der Waals surface area (Å²) in [7, 11) is 0. The van der Waals surface area contributed by atoms with Gasteiger partial charge in [-0.3, -0.25) is 19.2 Å². The van der Waals surface area contributed by atoms with Gasteiger partial charge in [-0.2, -0.15) is 0 Å². The van der Waals surface area contributed by atoms with Crippen molar-refractivity contribution in [2.24, 2.45) is 0 Å². The van der Waals surface area contributed by atoms with Crippen LogP contribution >= 0.6 is 0 Å². The van der Waals surface area contributed by atoms with Crippen molar-refractivity contribution in [3.05, 3.63) is 0 Å². The van der Waals surface area contributed by atoms with Crippen LogP contribution in [0.2, 0.25) is 0 Å². The van der Waals surface area contributed by atoms with E-state index in [2.05, 4.69) is 10.6 Å². The number of carbonyl (C=O) groups excluding carboxylic acids is 2. The number of unbranched alkanes of at least 4 members (excludes halogenated alkanes) is 13. The van der Waals surface area contributed by atoms with Crippen molar-refractivity contribution in [2.75, 3.05) is 6.54 Å². The summed E-state index contributed by atoms with van der Waals surface area (Å²) in [4.78, 5) is 55.6. The number of carboxylic acid groups (broad SMARTS) is 3. The summed E-state index contributed by atoms with van der Waals surface area (Å²) in [6.07, 6.45) is 15.4. The van der Waals surface area contributed by atoms with Crippen molar-refractivity contribution >= 4 is 29.7 Å². The molecule has 202 valence electrons. The Morgan fingerprint density at radius 2 is 0.943 bits per heavy atom. The maximum atomic E-state index is 12.0. The maximum absolute atomic E-state index is 12.0. The van der Waals surface area contributed by atoms with Crippen LogP contribution in [0.3, 0.4) is 0 Å². The van der Waals surface area contributed by atoms with Gasteiger partial charge in [0.15, 0.2) is 0 Å². The van der Waals surface area contributed by atoms with Crippen molar-refractivity contribution in [1.82, 2.24) is 10.6 Å². The fourth-order valence-electron chi connectivity index (χ4n) is 3.75. The first kappa shape index (κ1) is 32.4. The molecule has 0 saturated carbocycles. The molecule has 0 aromatic carbocycles. The smallest absolute Gasteiger partial charge is 0.326 e. The molecule has 1 unspecified atom stereocenters. The van der Waals surface area contributed by atoms with Crippen molar-refractivity contribution in [1.29, 1.82) is 0 Å². The Morgan fingerprint density at radius 3 is 1.34 bits per heavy atom. The number of nitrogens with one attached hydrogen (secondary N) is 2. The van der Waals surface area contributed by atoms with E-state index in [-0.39, 0.29) is 31.6 Å².